The van der Waals surface area contributed by atoms with Crippen LogP contribution in [0.5, 0.6) is 0 Å². The summed E-state index contributed by atoms with van der Waals surface area (Å²) in [5, 5.41) is 4.15. The van der Waals surface area contributed by atoms with E-state index < -0.39 is 0 Å². The molecule has 0 aliphatic rings. The number of ether oxygens (including phenoxy) is 1. The summed E-state index contributed by atoms with van der Waals surface area (Å²) >= 11 is 0. The van der Waals surface area contributed by atoms with Crippen molar-refractivity contribution < 1.29 is 4.74 Å². The lowest BCUT2D eigenvalue weighted by atomic mass is 10.1. The van der Waals surface area contributed by atoms with Crippen LogP contribution in [-0.2, 0) is 11.8 Å². The van der Waals surface area contributed by atoms with Crippen molar-refractivity contribution in [3.05, 3.63) is 17.5 Å². The number of nitrogens with zero attached hydrogens (tertiary/aromatic N) is 2. The molecule has 1 heterocycles. The molecule has 0 saturated heterocycles. The molecule has 0 amide bonds. The molecule has 0 aliphatic carbocycles. The molecule has 0 aliphatic heterocycles. The first-order valence-corrected chi connectivity index (χ1v) is 4.88. The quantitative estimate of drug-likeness (QED) is 0.788. The molecule has 1 unspecified atom stereocenters. The van der Waals surface area contributed by atoms with E-state index >= 15 is 0 Å². The highest BCUT2D eigenvalue weighted by Gasteiger charge is 2.12. The van der Waals surface area contributed by atoms with Crippen LogP contribution in [-0.4, -0.2) is 22.5 Å². The van der Waals surface area contributed by atoms with Crippen LogP contribution in [0.2, 0.25) is 0 Å². The number of hydrogen-bond donors (Lipinski definition) is 1. The van der Waals surface area contributed by atoms with Gasteiger partial charge in [-0.25, -0.2) is 0 Å². The van der Waals surface area contributed by atoms with Crippen molar-refractivity contribution in [3.8, 4) is 0 Å². The van der Waals surface area contributed by atoms with E-state index in [0.29, 0.717) is 6.61 Å². The zero-order valence-electron chi connectivity index (χ0n) is 9.32. The molecule has 0 radical (unpaired) electrons. The molecule has 0 spiro atoms. The highest BCUT2D eigenvalue weighted by Crippen LogP contribution is 2.14. The molecule has 0 fully saturated rings. The molecule has 80 valence electrons. The van der Waals surface area contributed by atoms with E-state index in [9.17, 15) is 0 Å². The van der Waals surface area contributed by atoms with E-state index in [4.69, 9.17) is 10.5 Å². The first kappa shape index (κ1) is 11.2. The van der Waals surface area contributed by atoms with Gasteiger partial charge >= 0.3 is 0 Å². The van der Waals surface area contributed by atoms with Crippen LogP contribution in [0.4, 0.5) is 0 Å². The van der Waals surface area contributed by atoms with Crippen molar-refractivity contribution in [2.75, 3.05) is 6.61 Å². The third-order valence-electron chi connectivity index (χ3n) is 2.28. The van der Waals surface area contributed by atoms with E-state index in [1.807, 2.05) is 38.7 Å². The van der Waals surface area contributed by atoms with Crippen molar-refractivity contribution in [2.24, 2.45) is 12.8 Å². The molecular formula is C10H19N3O. The Morgan fingerprint density at radius 2 is 2.21 bits per heavy atom. The fourth-order valence-electron chi connectivity index (χ4n) is 1.27. The Hall–Kier alpha value is -0.870. The second kappa shape index (κ2) is 4.57. The molecule has 1 atom stereocenters. The van der Waals surface area contributed by atoms with Crippen molar-refractivity contribution in [1.29, 1.82) is 0 Å². The highest BCUT2D eigenvalue weighted by molar-refractivity contribution is 5.19. The molecule has 0 bridgehead atoms. The lowest BCUT2D eigenvalue weighted by Crippen LogP contribution is -2.20. The fourth-order valence-corrected chi connectivity index (χ4v) is 1.27. The second-order valence-corrected chi connectivity index (χ2v) is 3.80. The Labute approximate surface area is 85.0 Å². The van der Waals surface area contributed by atoms with Gasteiger partial charge in [-0.05, 0) is 20.8 Å². The van der Waals surface area contributed by atoms with Gasteiger partial charge in [0, 0.05) is 18.3 Å². The standard InChI is InChI=1S/C10H19N3O/c1-7(2)14-6-10(11)9-5-12-13(4)8(9)3/h5,7,10H,6,11H2,1-4H3. The van der Waals surface area contributed by atoms with Crippen molar-refractivity contribution in [2.45, 2.75) is 32.9 Å². The summed E-state index contributed by atoms with van der Waals surface area (Å²) in [5.41, 5.74) is 8.14. The van der Waals surface area contributed by atoms with Gasteiger partial charge in [-0.3, -0.25) is 4.68 Å². The molecule has 0 aromatic carbocycles. The summed E-state index contributed by atoms with van der Waals surface area (Å²) in [5.74, 6) is 0. The molecule has 1 aromatic heterocycles. The van der Waals surface area contributed by atoms with Gasteiger partial charge in [-0.15, -0.1) is 0 Å². The van der Waals surface area contributed by atoms with Gasteiger partial charge in [0.25, 0.3) is 0 Å². The number of aryl methyl sites for hydroxylation is 1. The van der Waals surface area contributed by atoms with Crippen LogP contribution in [0.3, 0.4) is 0 Å². The molecule has 1 aromatic rings. The Morgan fingerprint density at radius 3 is 2.64 bits per heavy atom. The van der Waals surface area contributed by atoms with Crippen LogP contribution in [0.25, 0.3) is 0 Å². The SMILES string of the molecule is Cc1c(C(N)COC(C)C)cnn1C. The van der Waals surface area contributed by atoms with E-state index in [-0.39, 0.29) is 12.1 Å². The van der Waals surface area contributed by atoms with E-state index in [1.54, 1.807) is 0 Å². The van der Waals surface area contributed by atoms with Crippen molar-refractivity contribution in [1.82, 2.24) is 9.78 Å². The predicted octanol–water partition coefficient (Wildman–Crippen LogP) is 1.15. The Morgan fingerprint density at radius 1 is 1.57 bits per heavy atom. The summed E-state index contributed by atoms with van der Waals surface area (Å²) in [6.45, 7) is 6.56. The van der Waals surface area contributed by atoms with Crippen LogP contribution in [0, 0.1) is 6.92 Å². The lowest BCUT2D eigenvalue weighted by molar-refractivity contribution is 0.0682. The number of nitrogens with two attached hydrogens (primary N) is 1. The van der Waals surface area contributed by atoms with Gasteiger partial charge in [0.05, 0.1) is 24.9 Å². The Balaban J connectivity index is 2.60. The Bertz CT molecular complexity index is 294. The molecule has 2 N–H and O–H groups in total. The van der Waals surface area contributed by atoms with Crippen molar-refractivity contribution in [3.63, 3.8) is 0 Å². The minimum Gasteiger partial charge on any atom is -0.377 e. The molecule has 0 saturated carbocycles. The Kier molecular flexibility index (Phi) is 3.66. The zero-order valence-corrected chi connectivity index (χ0v) is 9.32. The minimum atomic E-state index is -0.0777. The highest BCUT2D eigenvalue weighted by atomic mass is 16.5. The molecule has 4 nitrogen and oxygen atoms in total. The minimum absolute atomic E-state index is 0.0777. The van der Waals surface area contributed by atoms with Gasteiger partial charge in [0.15, 0.2) is 0 Å². The normalized spacial score (nSPS) is 13.6. The van der Waals surface area contributed by atoms with Crippen LogP contribution in [0.15, 0.2) is 6.20 Å². The van der Waals surface area contributed by atoms with E-state index in [2.05, 4.69) is 5.10 Å². The van der Waals surface area contributed by atoms with Gasteiger partial charge < -0.3 is 10.5 Å². The fraction of sp³-hybridized carbons (Fsp3) is 0.700. The molecule has 4 heteroatoms. The maximum atomic E-state index is 5.98. The predicted molar refractivity (Wildman–Crippen MR) is 56.0 cm³/mol. The van der Waals surface area contributed by atoms with Crippen LogP contribution in [0.1, 0.15) is 31.1 Å². The maximum absolute atomic E-state index is 5.98. The molecule has 14 heavy (non-hydrogen) atoms. The third-order valence-corrected chi connectivity index (χ3v) is 2.28. The van der Waals surface area contributed by atoms with Gasteiger partial charge in [-0.2, -0.15) is 5.10 Å². The summed E-state index contributed by atoms with van der Waals surface area (Å²) in [7, 11) is 1.91. The van der Waals surface area contributed by atoms with E-state index in [1.165, 1.54) is 0 Å². The third kappa shape index (κ3) is 2.56. The lowest BCUT2D eigenvalue weighted by Gasteiger charge is -2.13. The van der Waals surface area contributed by atoms with Crippen molar-refractivity contribution >= 4 is 0 Å². The number of hydrogen-bond acceptors (Lipinski definition) is 3. The topological polar surface area (TPSA) is 53.1 Å². The summed E-state index contributed by atoms with van der Waals surface area (Å²) in [6, 6.07) is -0.0777. The number of aromatic nitrogens is 2. The molecule has 1 rings (SSSR count). The van der Waals surface area contributed by atoms with Crippen LogP contribution >= 0.6 is 0 Å². The number of rotatable bonds is 4. The van der Waals surface area contributed by atoms with Crippen LogP contribution < -0.4 is 5.73 Å². The van der Waals surface area contributed by atoms with E-state index in [0.717, 1.165) is 11.3 Å². The summed E-state index contributed by atoms with van der Waals surface area (Å²) < 4.78 is 7.28. The monoisotopic (exact) mass is 197 g/mol. The second-order valence-electron chi connectivity index (χ2n) is 3.80. The van der Waals surface area contributed by atoms with Gasteiger partial charge in [0.2, 0.25) is 0 Å². The first-order valence-electron chi connectivity index (χ1n) is 4.88. The average molecular weight is 197 g/mol. The summed E-state index contributed by atoms with van der Waals surface area (Å²) in [4.78, 5) is 0. The van der Waals surface area contributed by atoms with Gasteiger partial charge in [-0.1, -0.05) is 0 Å². The molecular weight excluding hydrogens is 178 g/mol. The first-order chi connectivity index (χ1) is 6.52. The maximum Gasteiger partial charge on any atom is 0.0664 e. The smallest absolute Gasteiger partial charge is 0.0664 e. The van der Waals surface area contributed by atoms with Gasteiger partial charge in [0.1, 0.15) is 0 Å². The largest absolute Gasteiger partial charge is 0.377 e. The average Bonchev–Trinajstić information content (AvgIpc) is 2.44. The summed E-state index contributed by atoms with van der Waals surface area (Å²) in [6.07, 6.45) is 2.03. The zero-order chi connectivity index (χ0) is 10.7.